The molecule has 0 aliphatic carbocycles. The maximum Gasteiger partial charge on any atom is 0.272 e. The molecule has 0 saturated carbocycles. The summed E-state index contributed by atoms with van der Waals surface area (Å²) in [5.74, 6) is -0.587. The third-order valence-electron chi connectivity index (χ3n) is 3.31. The molecular weight excluding hydrogens is 291 g/mol. The van der Waals surface area contributed by atoms with Crippen LogP contribution in [0.15, 0.2) is 24.3 Å². The minimum Gasteiger partial charge on any atom is -0.306 e. The van der Waals surface area contributed by atoms with Gasteiger partial charge < -0.3 is 5.32 Å². The van der Waals surface area contributed by atoms with Crippen molar-refractivity contribution in [2.24, 2.45) is 0 Å². The molecule has 1 atom stereocenters. The Bertz CT molecular complexity index is 670. The molecule has 0 aliphatic rings. The number of hydrogen-bond donors (Lipinski definition) is 1. The lowest BCUT2D eigenvalue weighted by Crippen LogP contribution is -2.18. The Hall–Kier alpha value is -1.79. The largest absolute Gasteiger partial charge is 0.306 e. The maximum absolute atomic E-state index is 13.4. The van der Waals surface area contributed by atoms with Crippen LogP contribution in [0.25, 0.3) is 0 Å². The van der Waals surface area contributed by atoms with Crippen LogP contribution in [0.3, 0.4) is 0 Å². The van der Waals surface area contributed by atoms with Crippen molar-refractivity contribution in [3.05, 3.63) is 61.1 Å². The molecule has 0 radical (unpaired) electrons. The lowest BCUT2D eigenvalue weighted by atomic mass is 10.1. The summed E-state index contributed by atoms with van der Waals surface area (Å²) in [6.45, 7) is 6.54. The molecule has 0 spiro atoms. The summed E-state index contributed by atoms with van der Waals surface area (Å²) < 4.78 is 13.4. The summed E-state index contributed by atoms with van der Waals surface area (Å²) in [5.41, 5.74) is 1.56. The van der Waals surface area contributed by atoms with Gasteiger partial charge in [-0.1, -0.05) is 0 Å². The van der Waals surface area contributed by atoms with Gasteiger partial charge in [0.1, 0.15) is 5.82 Å². The van der Waals surface area contributed by atoms with Crippen LogP contribution in [0.2, 0.25) is 0 Å². The van der Waals surface area contributed by atoms with Crippen molar-refractivity contribution in [1.29, 1.82) is 0 Å². The zero-order valence-corrected chi connectivity index (χ0v) is 13.0. The molecule has 0 aliphatic heterocycles. The van der Waals surface area contributed by atoms with Crippen molar-refractivity contribution >= 4 is 17.0 Å². The van der Waals surface area contributed by atoms with E-state index in [0.29, 0.717) is 12.1 Å². The minimum atomic E-state index is -0.587. The van der Waals surface area contributed by atoms with Gasteiger partial charge in [-0.3, -0.25) is 10.1 Å². The van der Waals surface area contributed by atoms with Gasteiger partial charge in [-0.25, -0.2) is 4.39 Å². The van der Waals surface area contributed by atoms with Crippen LogP contribution in [0.1, 0.15) is 33.8 Å². The Morgan fingerprint density at radius 1 is 1.33 bits per heavy atom. The molecule has 6 heteroatoms. The molecule has 2 rings (SSSR count). The van der Waals surface area contributed by atoms with Gasteiger partial charge in [-0.2, -0.15) is 0 Å². The fourth-order valence-corrected chi connectivity index (χ4v) is 3.32. The molecule has 1 aromatic heterocycles. The van der Waals surface area contributed by atoms with Gasteiger partial charge >= 0.3 is 0 Å². The first-order valence-corrected chi connectivity index (χ1v) is 7.42. The van der Waals surface area contributed by atoms with Crippen molar-refractivity contribution in [2.45, 2.75) is 33.4 Å². The second-order valence-electron chi connectivity index (χ2n) is 5.05. The zero-order chi connectivity index (χ0) is 15.6. The molecule has 1 aromatic carbocycles. The highest BCUT2D eigenvalue weighted by atomic mass is 32.1. The number of hydrogen-bond acceptors (Lipinski definition) is 4. The van der Waals surface area contributed by atoms with Crippen LogP contribution in [-0.2, 0) is 6.54 Å². The highest BCUT2D eigenvalue weighted by Gasteiger charge is 2.13. The summed E-state index contributed by atoms with van der Waals surface area (Å²) in [4.78, 5) is 12.6. The lowest BCUT2D eigenvalue weighted by Gasteiger charge is -2.14. The standard InChI is InChI=1S/C15H17FN2O2S/c1-9-4-15(11(3)21-9)10(2)17-8-12-5-13(16)7-14(6-12)18(19)20/h4-7,10,17H,8H2,1-3H3. The van der Waals surface area contributed by atoms with Crippen molar-refractivity contribution in [2.75, 3.05) is 0 Å². The van der Waals surface area contributed by atoms with Crippen LogP contribution in [0.4, 0.5) is 10.1 Å². The normalized spacial score (nSPS) is 12.4. The number of aryl methyl sites for hydroxylation is 2. The molecule has 0 saturated heterocycles. The Balaban J connectivity index is 2.09. The van der Waals surface area contributed by atoms with E-state index >= 15 is 0 Å². The second kappa shape index (κ2) is 6.32. The summed E-state index contributed by atoms with van der Waals surface area (Å²) in [6, 6.07) is 5.88. The Labute approximate surface area is 126 Å². The third-order valence-corrected chi connectivity index (χ3v) is 4.29. The molecule has 4 nitrogen and oxygen atoms in total. The Kier molecular flexibility index (Phi) is 4.69. The molecule has 21 heavy (non-hydrogen) atoms. The van der Waals surface area contributed by atoms with Gasteiger partial charge in [0.2, 0.25) is 0 Å². The second-order valence-corrected chi connectivity index (χ2v) is 6.51. The van der Waals surface area contributed by atoms with Crippen molar-refractivity contribution in [3.63, 3.8) is 0 Å². The van der Waals surface area contributed by atoms with E-state index in [-0.39, 0.29) is 11.7 Å². The van der Waals surface area contributed by atoms with Crippen LogP contribution < -0.4 is 5.32 Å². The number of rotatable bonds is 5. The van der Waals surface area contributed by atoms with E-state index in [1.165, 1.54) is 27.5 Å². The van der Waals surface area contributed by atoms with E-state index in [1.54, 1.807) is 11.3 Å². The third kappa shape index (κ3) is 3.86. The maximum atomic E-state index is 13.4. The lowest BCUT2D eigenvalue weighted by molar-refractivity contribution is -0.385. The summed E-state index contributed by atoms with van der Waals surface area (Å²) >= 11 is 1.74. The topological polar surface area (TPSA) is 55.2 Å². The van der Waals surface area contributed by atoms with Crippen LogP contribution in [0, 0.1) is 29.8 Å². The van der Waals surface area contributed by atoms with E-state index in [9.17, 15) is 14.5 Å². The molecule has 2 aromatic rings. The van der Waals surface area contributed by atoms with Gasteiger partial charge in [-0.05, 0) is 44.0 Å². The van der Waals surface area contributed by atoms with E-state index in [1.807, 2.05) is 6.92 Å². The first-order valence-electron chi connectivity index (χ1n) is 6.61. The fraction of sp³-hybridized carbons (Fsp3) is 0.333. The van der Waals surface area contributed by atoms with E-state index < -0.39 is 10.7 Å². The molecule has 1 heterocycles. The number of non-ortho nitro benzene ring substituents is 1. The average Bonchev–Trinajstić information content (AvgIpc) is 2.74. The predicted octanol–water partition coefficient (Wildman–Crippen LogP) is 4.26. The number of nitrogens with zero attached hydrogens (tertiary/aromatic N) is 1. The van der Waals surface area contributed by atoms with E-state index in [4.69, 9.17) is 0 Å². The van der Waals surface area contributed by atoms with E-state index in [0.717, 1.165) is 6.07 Å². The minimum absolute atomic E-state index is 0.109. The molecule has 1 N–H and O–H groups in total. The first kappa shape index (κ1) is 15.6. The smallest absolute Gasteiger partial charge is 0.272 e. The fourth-order valence-electron chi connectivity index (χ4n) is 2.30. The molecule has 112 valence electrons. The van der Waals surface area contributed by atoms with Crippen molar-refractivity contribution in [3.8, 4) is 0 Å². The zero-order valence-electron chi connectivity index (χ0n) is 12.1. The van der Waals surface area contributed by atoms with Gasteiger partial charge in [0.15, 0.2) is 0 Å². The SMILES string of the molecule is Cc1cc(C(C)NCc2cc(F)cc([N+](=O)[O-])c2)c(C)s1. The molecule has 0 amide bonds. The van der Waals surface area contributed by atoms with Gasteiger partial charge in [0.05, 0.1) is 11.0 Å². The number of nitro benzene ring substituents is 1. The van der Waals surface area contributed by atoms with Gasteiger partial charge in [-0.15, -0.1) is 11.3 Å². The van der Waals surface area contributed by atoms with Gasteiger partial charge in [0, 0.05) is 28.4 Å². The number of benzene rings is 1. The summed E-state index contributed by atoms with van der Waals surface area (Å²) in [6.07, 6.45) is 0. The average molecular weight is 308 g/mol. The van der Waals surface area contributed by atoms with Crippen LogP contribution >= 0.6 is 11.3 Å². The number of nitrogens with one attached hydrogen (secondary N) is 1. The van der Waals surface area contributed by atoms with E-state index in [2.05, 4.69) is 25.2 Å². The van der Waals surface area contributed by atoms with Gasteiger partial charge in [0.25, 0.3) is 5.69 Å². The Morgan fingerprint density at radius 3 is 2.62 bits per heavy atom. The summed E-state index contributed by atoms with van der Waals surface area (Å²) in [5, 5.41) is 14.0. The number of nitro groups is 1. The quantitative estimate of drug-likeness (QED) is 0.663. The number of halogens is 1. The monoisotopic (exact) mass is 308 g/mol. The Morgan fingerprint density at radius 2 is 2.05 bits per heavy atom. The first-order chi connectivity index (χ1) is 9.86. The molecule has 0 fully saturated rings. The van der Waals surface area contributed by atoms with Crippen molar-refractivity contribution < 1.29 is 9.31 Å². The summed E-state index contributed by atoms with van der Waals surface area (Å²) in [7, 11) is 0. The van der Waals surface area contributed by atoms with Crippen molar-refractivity contribution in [1.82, 2.24) is 5.32 Å². The molecule has 1 unspecified atom stereocenters. The highest BCUT2D eigenvalue weighted by molar-refractivity contribution is 7.12. The predicted molar refractivity (Wildman–Crippen MR) is 82.1 cm³/mol. The number of thiophene rings is 1. The molecular formula is C15H17FN2O2S. The van der Waals surface area contributed by atoms with Crippen LogP contribution in [-0.4, -0.2) is 4.92 Å². The van der Waals surface area contributed by atoms with Crippen LogP contribution in [0.5, 0.6) is 0 Å². The highest BCUT2D eigenvalue weighted by Crippen LogP contribution is 2.26. The molecule has 0 bridgehead atoms.